The second-order valence-electron chi connectivity index (χ2n) is 6.30. The number of rotatable bonds is 4. The van der Waals surface area contributed by atoms with Crippen LogP contribution in [0.3, 0.4) is 0 Å². The predicted molar refractivity (Wildman–Crippen MR) is 109 cm³/mol. The highest BCUT2D eigenvalue weighted by molar-refractivity contribution is 5.94. The molecule has 4 rings (SSSR count). The topological polar surface area (TPSA) is 90.1 Å². The molecule has 0 unspecified atom stereocenters. The average Bonchev–Trinajstić information content (AvgIpc) is 2.72. The van der Waals surface area contributed by atoms with Gasteiger partial charge in [-0.3, -0.25) is 14.9 Å². The van der Waals surface area contributed by atoms with Crippen molar-refractivity contribution in [2.24, 2.45) is 7.05 Å². The Balaban J connectivity index is 1.87. The molecule has 1 aromatic heterocycles. The largest absolute Gasteiger partial charge is 0.350 e. The minimum Gasteiger partial charge on any atom is -0.350 e. The zero-order valence-corrected chi connectivity index (χ0v) is 15.0. The summed E-state index contributed by atoms with van der Waals surface area (Å²) in [5.41, 5.74) is 1.94. The molecule has 0 aliphatic heterocycles. The van der Waals surface area contributed by atoms with Crippen LogP contribution >= 0.6 is 0 Å². The third-order valence-electron chi connectivity index (χ3n) is 4.48. The van der Waals surface area contributed by atoms with Gasteiger partial charge in [0.2, 0.25) is 0 Å². The number of fused-ring (bicyclic) bond motifs is 1. The SMILES string of the molecule is Cn1nc(-c2ccc(Nc3ccccc3)c([N+](=O)[O-])c2)c2ccccc2c1=O. The summed E-state index contributed by atoms with van der Waals surface area (Å²) in [6.45, 7) is 0. The maximum Gasteiger partial charge on any atom is 0.293 e. The molecule has 7 nitrogen and oxygen atoms in total. The summed E-state index contributed by atoms with van der Waals surface area (Å²) in [4.78, 5) is 23.6. The van der Waals surface area contributed by atoms with Crippen molar-refractivity contribution in [1.29, 1.82) is 0 Å². The Kier molecular flexibility index (Phi) is 4.33. The molecule has 28 heavy (non-hydrogen) atoms. The summed E-state index contributed by atoms with van der Waals surface area (Å²) in [5, 5.41) is 20.3. The van der Waals surface area contributed by atoms with Crippen molar-refractivity contribution in [3.05, 3.63) is 93.3 Å². The molecule has 7 heteroatoms. The van der Waals surface area contributed by atoms with Gasteiger partial charge < -0.3 is 5.32 Å². The number of anilines is 2. The van der Waals surface area contributed by atoms with E-state index in [4.69, 9.17) is 0 Å². The summed E-state index contributed by atoms with van der Waals surface area (Å²) in [5.74, 6) is 0. The van der Waals surface area contributed by atoms with Crippen LogP contribution in [0.4, 0.5) is 17.1 Å². The summed E-state index contributed by atoms with van der Waals surface area (Å²) in [6, 6.07) is 21.2. The number of aryl methyl sites for hydroxylation is 1. The fourth-order valence-corrected chi connectivity index (χ4v) is 3.13. The molecule has 0 saturated heterocycles. The van der Waals surface area contributed by atoms with Crippen LogP contribution in [0.1, 0.15) is 0 Å². The Hall–Kier alpha value is -4.00. The fraction of sp³-hybridized carbons (Fsp3) is 0.0476. The Morgan fingerprint density at radius 3 is 2.36 bits per heavy atom. The molecule has 0 aliphatic rings. The number of nitrogens with one attached hydrogen (secondary N) is 1. The van der Waals surface area contributed by atoms with Gasteiger partial charge in [-0.15, -0.1) is 0 Å². The van der Waals surface area contributed by atoms with Gasteiger partial charge in [0.15, 0.2) is 0 Å². The summed E-state index contributed by atoms with van der Waals surface area (Å²) in [6.07, 6.45) is 0. The molecule has 138 valence electrons. The number of nitro groups is 1. The minimum absolute atomic E-state index is 0.0684. The normalized spacial score (nSPS) is 10.8. The average molecular weight is 372 g/mol. The molecule has 0 atom stereocenters. The predicted octanol–water partition coefficient (Wildman–Crippen LogP) is 4.25. The van der Waals surface area contributed by atoms with Crippen molar-refractivity contribution in [3.63, 3.8) is 0 Å². The molecule has 3 aromatic carbocycles. The molecular weight excluding hydrogens is 356 g/mol. The van der Waals surface area contributed by atoms with Crippen molar-refractivity contribution in [1.82, 2.24) is 9.78 Å². The van der Waals surface area contributed by atoms with E-state index < -0.39 is 4.92 Å². The van der Waals surface area contributed by atoms with E-state index in [1.54, 1.807) is 37.4 Å². The lowest BCUT2D eigenvalue weighted by Crippen LogP contribution is -2.20. The highest BCUT2D eigenvalue weighted by Crippen LogP contribution is 2.33. The molecule has 0 bridgehead atoms. The van der Waals surface area contributed by atoms with Crippen LogP contribution in [0.25, 0.3) is 22.0 Å². The summed E-state index contributed by atoms with van der Waals surface area (Å²) in [7, 11) is 1.57. The van der Waals surface area contributed by atoms with Crippen molar-refractivity contribution < 1.29 is 4.92 Å². The molecule has 0 amide bonds. The van der Waals surface area contributed by atoms with Gasteiger partial charge in [-0.05, 0) is 24.3 Å². The lowest BCUT2D eigenvalue weighted by Gasteiger charge is -2.11. The molecule has 0 aliphatic carbocycles. The zero-order chi connectivity index (χ0) is 19.7. The molecular formula is C21H16N4O3. The monoisotopic (exact) mass is 372 g/mol. The van der Waals surface area contributed by atoms with Gasteiger partial charge in [0.1, 0.15) is 5.69 Å². The van der Waals surface area contributed by atoms with Crippen molar-refractivity contribution >= 4 is 27.8 Å². The van der Waals surface area contributed by atoms with Crippen LogP contribution in [-0.4, -0.2) is 14.7 Å². The first kappa shape index (κ1) is 17.4. The van der Waals surface area contributed by atoms with E-state index in [1.807, 2.05) is 36.4 Å². The van der Waals surface area contributed by atoms with Crippen LogP contribution in [0.15, 0.2) is 77.6 Å². The number of benzene rings is 3. The summed E-state index contributed by atoms with van der Waals surface area (Å²) >= 11 is 0. The Bertz CT molecular complexity index is 1250. The van der Waals surface area contributed by atoms with Crippen LogP contribution in [0.5, 0.6) is 0 Å². The van der Waals surface area contributed by atoms with Gasteiger partial charge in [0.25, 0.3) is 11.2 Å². The molecule has 0 radical (unpaired) electrons. The van der Waals surface area contributed by atoms with Gasteiger partial charge in [-0.1, -0.05) is 42.5 Å². The van der Waals surface area contributed by atoms with Crippen LogP contribution < -0.4 is 10.9 Å². The third kappa shape index (κ3) is 3.09. The minimum atomic E-state index is -0.432. The Morgan fingerprint density at radius 1 is 0.964 bits per heavy atom. The third-order valence-corrected chi connectivity index (χ3v) is 4.48. The van der Waals surface area contributed by atoms with E-state index in [0.29, 0.717) is 27.7 Å². The number of nitrogens with zero attached hydrogens (tertiary/aromatic N) is 3. The number of hydrogen-bond donors (Lipinski definition) is 1. The Labute approximate surface area is 160 Å². The number of aromatic nitrogens is 2. The molecule has 1 N–H and O–H groups in total. The first-order valence-electron chi connectivity index (χ1n) is 8.61. The molecule has 0 spiro atoms. The molecule has 0 fully saturated rings. The second-order valence-corrected chi connectivity index (χ2v) is 6.30. The van der Waals surface area contributed by atoms with Gasteiger partial charge in [0, 0.05) is 29.8 Å². The smallest absolute Gasteiger partial charge is 0.293 e. The first-order valence-corrected chi connectivity index (χ1v) is 8.61. The van der Waals surface area contributed by atoms with Gasteiger partial charge >= 0.3 is 0 Å². The molecule has 1 heterocycles. The quantitative estimate of drug-likeness (QED) is 0.427. The van der Waals surface area contributed by atoms with Crippen molar-refractivity contribution in [2.75, 3.05) is 5.32 Å². The van der Waals surface area contributed by atoms with Crippen LogP contribution in [-0.2, 0) is 7.05 Å². The van der Waals surface area contributed by atoms with E-state index in [0.717, 1.165) is 5.69 Å². The first-order chi connectivity index (χ1) is 13.5. The lowest BCUT2D eigenvalue weighted by atomic mass is 10.0. The number of nitro benzene ring substituents is 1. The van der Waals surface area contributed by atoms with Gasteiger partial charge in [-0.2, -0.15) is 5.10 Å². The van der Waals surface area contributed by atoms with Crippen LogP contribution in [0, 0.1) is 10.1 Å². The highest BCUT2D eigenvalue weighted by Gasteiger charge is 2.18. The van der Waals surface area contributed by atoms with E-state index in [-0.39, 0.29) is 11.2 Å². The number of hydrogen-bond acceptors (Lipinski definition) is 5. The highest BCUT2D eigenvalue weighted by atomic mass is 16.6. The maximum atomic E-state index is 12.3. The molecule has 0 saturated carbocycles. The number of para-hydroxylation sites is 1. The summed E-state index contributed by atoms with van der Waals surface area (Å²) < 4.78 is 1.25. The lowest BCUT2D eigenvalue weighted by molar-refractivity contribution is -0.383. The Morgan fingerprint density at radius 2 is 1.64 bits per heavy atom. The van der Waals surface area contributed by atoms with E-state index in [1.165, 1.54) is 10.7 Å². The van der Waals surface area contributed by atoms with Gasteiger partial charge in [0.05, 0.1) is 16.0 Å². The zero-order valence-electron chi connectivity index (χ0n) is 15.0. The maximum absolute atomic E-state index is 12.3. The standard InChI is InChI=1S/C21H16N4O3/c1-24-21(26)17-10-6-5-9-16(17)20(23-24)14-11-12-18(19(13-14)25(27)28)22-15-7-3-2-4-8-15/h2-13,22H,1H3. The second kappa shape index (κ2) is 6.96. The van der Waals surface area contributed by atoms with Gasteiger partial charge in [-0.25, -0.2) is 4.68 Å². The van der Waals surface area contributed by atoms with Crippen molar-refractivity contribution in [3.8, 4) is 11.3 Å². The molecule has 4 aromatic rings. The van der Waals surface area contributed by atoms with E-state index in [2.05, 4.69) is 10.4 Å². The van der Waals surface area contributed by atoms with E-state index >= 15 is 0 Å². The van der Waals surface area contributed by atoms with Crippen LogP contribution in [0.2, 0.25) is 0 Å². The van der Waals surface area contributed by atoms with E-state index in [9.17, 15) is 14.9 Å². The van der Waals surface area contributed by atoms with Crippen molar-refractivity contribution in [2.45, 2.75) is 0 Å². The fourth-order valence-electron chi connectivity index (χ4n) is 3.13.